The molecule has 0 radical (unpaired) electrons. The molecule has 0 fully saturated rings. The van der Waals surface area contributed by atoms with Crippen LogP contribution in [0.1, 0.15) is 20.3 Å². The van der Waals surface area contributed by atoms with E-state index in [1.165, 1.54) is 6.42 Å². The monoisotopic (exact) mass is 116 g/mol. The van der Waals surface area contributed by atoms with E-state index in [1.807, 2.05) is 0 Å². The van der Waals surface area contributed by atoms with Gasteiger partial charge >= 0.3 is 48.8 Å². The summed E-state index contributed by atoms with van der Waals surface area (Å²) in [6.45, 7) is 8.39. The normalized spacial score (nSPS) is 18.6. The zero-order valence-corrected chi connectivity index (χ0v) is 6.22. The van der Waals surface area contributed by atoms with Crippen molar-refractivity contribution in [1.29, 1.82) is 0 Å². The number of hydrogen-bond donors (Lipinski definition) is 0. The average Bonchev–Trinajstić information content (AvgIpc) is 1.65. The molecular formula is C5H13BS. The molecule has 0 heterocycles. The Hall–Kier alpha value is 0.415. The van der Waals surface area contributed by atoms with Crippen LogP contribution in [0.25, 0.3) is 0 Å². The van der Waals surface area contributed by atoms with Crippen LogP contribution in [0.5, 0.6) is 0 Å². The van der Waals surface area contributed by atoms with Crippen molar-refractivity contribution in [2.45, 2.75) is 25.5 Å². The van der Waals surface area contributed by atoms with Gasteiger partial charge in [-0.05, 0) is 0 Å². The van der Waals surface area contributed by atoms with Crippen LogP contribution in [-0.2, 0) is 0 Å². The van der Waals surface area contributed by atoms with Crippen molar-refractivity contribution >= 4 is 17.0 Å². The van der Waals surface area contributed by atoms with E-state index in [0.717, 1.165) is 5.25 Å². The molecule has 0 aliphatic heterocycles. The topological polar surface area (TPSA) is 0 Å². The molecule has 0 aliphatic carbocycles. The maximum atomic E-state index is 3.94. The van der Waals surface area contributed by atoms with Crippen molar-refractivity contribution in [3.05, 3.63) is 0 Å². The third kappa shape index (κ3) is 3.04. The molecule has 2 atom stereocenters. The van der Waals surface area contributed by atoms with Gasteiger partial charge in [-0.3, -0.25) is 0 Å². The van der Waals surface area contributed by atoms with Gasteiger partial charge in [0.05, 0.1) is 0 Å². The van der Waals surface area contributed by atoms with E-state index < -0.39 is 0 Å². The van der Waals surface area contributed by atoms with Gasteiger partial charge in [0.25, 0.3) is 0 Å². The Bertz CT molecular complexity index is 70.5. The second-order valence-corrected chi connectivity index (χ2v) is 4.10. The van der Waals surface area contributed by atoms with Gasteiger partial charge in [0.15, 0.2) is 0 Å². The fourth-order valence-corrected chi connectivity index (χ4v) is 0.854. The van der Waals surface area contributed by atoms with E-state index in [-0.39, 0.29) is 0 Å². The summed E-state index contributed by atoms with van der Waals surface area (Å²) in [5, 5.41) is 0.819. The molecule has 0 N–H and O–H groups in total. The fourth-order valence-electron chi connectivity index (χ4n) is 0.285. The van der Waals surface area contributed by atoms with E-state index in [0.29, 0.717) is 10.3 Å². The van der Waals surface area contributed by atoms with Crippen molar-refractivity contribution in [1.82, 2.24) is 0 Å². The minimum absolute atomic E-state index is 0.390. The molecule has 2 heteroatoms. The second-order valence-electron chi connectivity index (χ2n) is 1.91. The molecule has 0 saturated carbocycles. The molecule has 0 rings (SSSR count). The van der Waals surface area contributed by atoms with E-state index in [4.69, 9.17) is 0 Å². The SMILES string of the molecule is B=S(C)C(C)CC. The summed E-state index contributed by atoms with van der Waals surface area (Å²) in [7, 11) is 0.390. The first-order chi connectivity index (χ1) is 3.18. The molecular weight excluding hydrogens is 103 g/mol. The van der Waals surface area contributed by atoms with Gasteiger partial charge < -0.3 is 0 Å². The Morgan fingerprint density at radius 3 is 2.14 bits per heavy atom. The Labute approximate surface area is 49.5 Å². The third-order valence-electron chi connectivity index (χ3n) is 1.26. The van der Waals surface area contributed by atoms with Crippen LogP contribution in [0, 0.1) is 0 Å². The minimum atomic E-state index is 0.390. The number of rotatable bonds is 2. The average molecular weight is 116 g/mol. The molecule has 0 amide bonds. The summed E-state index contributed by atoms with van der Waals surface area (Å²) in [6.07, 6.45) is 3.46. The zero-order valence-electron chi connectivity index (χ0n) is 5.40. The van der Waals surface area contributed by atoms with Gasteiger partial charge in [-0.25, -0.2) is 0 Å². The fraction of sp³-hybridized carbons (Fsp3) is 1.00. The molecule has 0 bridgehead atoms. The maximum absolute atomic E-state index is 3.94. The molecule has 42 valence electrons. The van der Waals surface area contributed by atoms with Gasteiger partial charge in [0.1, 0.15) is 0 Å². The molecule has 0 saturated heterocycles. The van der Waals surface area contributed by atoms with Gasteiger partial charge in [0, 0.05) is 0 Å². The van der Waals surface area contributed by atoms with Crippen LogP contribution < -0.4 is 0 Å². The molecule has 0 nitrogen and oxygen atoms in total. The van der Waals surface area contributed by atoms with Crippen LogP contribution in [0.3, 0.4) is 0 Å². The Balaban J connectivity index is 3.34. The molecule has 0 aliphatic rings. The van der Waals surface area contributed by atoms with Crippen LogP contribution in [0.4, 0.5) is 0 Å². The van der Waals surface area contributed by atoms with E-state index in [2.05, 4.69) is 26.8 Å². The molecule has 0 aromatic rings. The molecule has 0 aromatic carbocycles. The summed E-state index contributed by atoms with van der Waals surface area (Å²) >= 11 is 0. The second kappa shape index (κ2) is 3.42. The molecule has 0 aromatic heterocycles. The van der Waals surface area contributed by atoms with Crippen molar-refractivity contribution in [2.24, 2.45) is 0 Å². The first kappa shape index (κ1) is 7.41. The third-order valence-corrected chi connectivity index (χ3v) is 2.97. The van der Waals surface area contributed by atoms with Gasteiger partial charge in [-0.2, -0.15) is 0 Å². The van der Waals surface area contributed by atoms with E-state index >= 15 is 0 Å². The summed E-state index contributed by atoms with van der Waals surface area (Å²) in [5.41, 5.74) is 0. The van der Waals surface area contributed by atoms with Gasteiger partial charge in [-0.1, -0.05) is 0 Å². The van der Waals surface area contributed by atoms with Crippen LogP contribution in [0.2, 0.25) is 0 Å². The molecule has 2 unspecified atom stereocenters. The Morgan fingerprint density at radius 2 is 2.14 bits per heavy atom. The van der Waals surface area contributed by atoms with E-state index in [9.17, 15) is 0 Å². The van der Waals surface area contributed by atoms with Crippen LogP contribution >= 0.6 is 10.3 Å². The van der Waals surface area contributed by atoms with Crippen molar-refractivity contribution in [2.75, 3.05) is 6.26 Å². The molecule has 0 spiro atoms. The first-order valence-corrected chi connectivity index (χ1v) is 4.49. The van der Waals surface area contributed by atoms with Crippen LogP contribution in [0.15, 0.2) is 0 Å². The van der Waals surface area contributed by atoms with Crippen LogP contribution in [-0.4, -0.2) is 18.2 Å². The zero-order chi connectivity index (χ0) is 5.86. The predicted molar refractivity (Wildman–Crippen MR) is 40.4 cm³/mol. The Kier molecular flexibility index (Phi) is 3.62. The van der Waals surface area contributed by atoms with Gasteiger partial charge in [0.2, 0.25) is 0 Å². The van der Waals surface area contributed by atoms with E-state index in [1.54, 1.807) is 0 Å². The van der Waals surface area contributed by atoms with Crippen molar-refractivity contribution in [3.63, 3.8) is 0 Å². The quantitative estimate of drug-likeness (QED) is 0.479. The summed E-state index contributed by atoms with van der Waals surface area (Å²) in [6, 6.07) is 0. The van der Waals surface area contributed by atoms with Crippen molar-refractivity contribution in [3.8, 4) is 0 Å². The number of hydrogen-bond acceptors (Lipinski definition) is 0. The summed E-state index contributed by atoms with van der Waals surface area (Å²) in [5.74, 6) is 0. The first-order valence-electron chi connectivity index (χ1n) is 2.63. The Morgan fingerprint density at radius 1 is 1.71 bits per heavy atom. The molecule has 7 heavy (non-hydrogen) atoms. The van der Waals surface area contributed by atoms with Crippen molar-refractivity contribution < 1.29 is 0 Å². The summed E-state index contributed by atoms with van der Waals surface area (Å²) < 4.78 is 0. The standard InChI is InChI=1S/C5H13BS/c1-4-5(2)7(3)6/h5-6H,4H2,1-3H3. The summed E-state index contributed by atoms with van der Waals surface area (Å²) in [4.78, 5) is 0. The van der Waals surface area contributed by atoms with Gasteiger partial charge in [-0.15, -0.1) is 0 Å². The predicted octanol–water partition coefficient (Wildman–Crippen LogP) is 1.50.